The number of nitrogens with zero attached hydrogens (tertiary/aromatic N) is 3. The minimum absolute atomic E-state index is 0.198. The van der Waals surface area contributed by atoms with Gasteiger partial charge in [0.2, 0.25) is 0 Å². The lowest BCUT2D eigenvalue weighted by molar-refractivity contribution is 0.0318. The van der Waals surface area contributed by atoms with Gasteiger partial charge in [-0.2, -0.15) is 0 Å². The molecule has 0 amide bonds. The average molecular weight is 578 g/mol. The van der Waals surface area contributed by atoms with Gasteiger partial charge < -0.3 is 20.1 Å². The van der Waals surface area contributed by atoms with Crippen LogP contribution in [0.2, 0.25) is 5.02 Å². The number of fused-ring (bicyclic) bond motifs is 1. The minimum atomic E-state index is -0.297. The fraction of sp³-hybridized carbons (Fsp3) is 0.333. The summed E-state index contributed by atoms with van der Waals surface area (Å²) >= 11 is 8.04. The Labute approximate surface area is 241 Å². The topological polar surface area (TPSA) is 71.5 Å². The Balaban J connectivity index is 1.09. The quantitative estimate of drug-likeness (QED) is 0.282. The maximum atomic E-state index is 13.4. The standard InChI is InChI=1S/C30H29ClFN5O2S/c31-27-14-24(5-7-28(27)39-18-20-2-1-3-22(32)12-20)36-29-26-15-25(40-30(26)35-19-34-29)6-4-23-13-21(16-33-23)17-37-8-10-38-11-9-37/h1-3,5,7,12,14-15,19,21,23,33H,8-11,13,16-18H2,(H,34,35,36)/t21-,23+/m0/s1. The molecule has 2 saturated heterocycles. The van der Waals surface area contributed by atoms with E-state index in [2.05, 4.69) is 37.3 Å². The maximum Gasteiger partial charge on any atom is 0.142 e. The highest BCUT2D eigenvalue weighted by Gasteiger charge is 2.25. The largest absolute Gasteiger partial charge is 0.487 e. The zero-order chi connectivity index (χ0) is 27.3. The molecule has 10 heteroatoms. The number of benzene rings is 2. The molecule has 206 valence electrons. The molecule has 4 aromatic rings. The zero-order valence-corrected chi connectivity index (χ0v) is 23.4. The summed E-state index contributed by atoms with van der Waals surface area (Å²) in [6.45, 7) is 6.03. The molecule has 0 spiro atoms. The van der Waals surface area contributed by atoms with E-state index >= 15 is 0 Å². The monoisotopic (exact) mass is 577 g/mol. The third-order valence-corrected chi connectivity index (χ3v) is 8.27. The van der Waals surface area contributed by atoms with E-state index < -0.39 is 0 Å². The van der Waals surface area contributed by atoms with E-state index in [4.69, 9.17) is 21.1 Å². The number of thiophene rings is 1. The highest BCUT2D eigenvalue weighted by molar-refractivity contribution is 7.19. The van der Waals surface area contributed by atoms with Gasteiger partial charge in [0, 0.05) is 31.9 Å². The van der Waals surface area contributed by atoms with Crippen LogP contribution in [0.4, 0.5) is 15.9 Å². The Bertz CT molecular complexity index is 1550. The third-order valence-electron chi connectivity index (χ3n) is 7.02. The van der Waals surface area contributed by atoms with Gasteiger partial charge in [0.25, 0.3) is 0 Å². The van der Waals surface area contributed by atoms with Gasteiger partial charge in [-0.1, -0.05) is 35.6 Å². The van der Waals surface area contributed by atoms with Crippen LogP contribution in [0.25, 0.3) is 10.2 Å². The van der Waals surface area contributed by atoms with E-state index in [0.717, 1.165) is 72.2 Å². The summed E-state index contributed by atoms with van der Waals surface area (Å²) in [5.74, 6) is 8.30. The second-order valence-electron chi connectivity index (χ2n) is 9.99. The van der Waals surface area contributed by atoms with Gasteiger partial charge in [-0.25, -0.2) is 14.4 Å². The van der Waals surface area contributed by atoms with E-state index in [1.807, 2.05) is 12.1 Å². The first-order valence-corrected chi connectivity index (χ1v) is 14.5. The number of ether oxygens (including phenoxy) is 2. The van der Waals surface area contributed by atoms with Crippen molar-refractivity contribution in [2.75, 3.05) is 44.7 Å². The molecule has 0 unspecified atom stereocenters. The van der Waals surface area contributed by atoms with Crippen molar-refractivity contribution in [1.82, 2.24) is 20.2 Å². The zero-order valence-electron chi connectivity index (χ0n) is 21.8. The van der Waals surface area contributed by atoms with Gasteiger partial charge >= 0.3 is 0 Å². The summed E-state index contributed by atoms with van der Waals surface area (Å²) in [5.41, 5.74) is 1.50. The first-order chi connectivity index (χ1) is 19.6. The molecule has 2 aromatic carbocycles. The van der Waals surface area contributed by atoms with Crippen LogP contribution in [-0.2, 0) is 11.3 Å². The Kier molecular flexibility index (Phi) is 8.42. The number of halogens is 2. The molecule has 0 radical (unpaired) electrons. The first kappa shape index (κ1) is 26.9. The average Bonchev–Trinajstić information content (AvgIpc) is 3.59. The number of rotatable bonds is 7. The Morgan fingerprint density at radius 1 is 1.18 bits per heavy atom. The second kappa shape index (κ2) is 12.5. The van der Waals surface area contributed by atoms with Crippen LogP contribution in [0, 0.1) is 23.6 Å². The van der Waals surface area contributed by atoms with Gasteiger partial charge in [-0.05, 0) is 54.3 Å². The molecule has 2 aliphatic heterocycles. The number of anilines is 2. The number of aromatic nitrogens is 2. The molecule has 2 N–H and O–H groups in total. The predicted molar refractivity (Wildman–Crippen MR) is 157 cm³/mol. The molecule has 2 aliphatic rings. The van der Waals surface area contributed by atoms with Gasteiger partial charge in [-0.3, -0.25) is 4.90 Å². The molecule has 2 atom stereocenters. The summed E-state index contributed by atoms with van der Waals surface area (Å²) in [6.07, 6.45) is 2.61. The van der Waals surface area contributed by atoms with E-state index in [9.17, 15) is 4.39 Å². The normalized spacial score (nSPS) is 19.4. The molecule has 2 fully saturated rings. The summed E-state index contributed by atoms with van der Waals surface area (Å²) in [5, 5.41) is 8.26. The van der Waals surface area contributed by atoms with Crippen LogP contribution in [0.15, 0.2) is 54.9 Å². The van der Waals surface area contributed by atoms with Crippen LogP contribution in [0.1, 0.15) is 16.9 Å². The number of nitrogens with one attached hydrogen (secondary N) is 2. The van der Waals surface area contributed by atoms with Gasteiger partial charge in [0.05, 0.1) is 34.5 Å². The molecule has 2 aromatic heterocycles. The lowest BCUT2D eigenvalue weighted by Crippen LogP contribution is -2.39. The molecule has 6 rings (SSSR count). The van der Waals surface area contributed by atoms with Crippen molar-refractivity contribution < 1.29 is 13.9 Å². The van der Waals surface area contributed by atoms with E-state index in [1.54, 1.807) is 41.9 Å². The van der Waals surface area contributed by atoms with Crippen molar-refractivity contribution in [3.05, 3.63) is 76.1 Å². The van der Waals surface area contributed by atoms with E-state index in [0.29, 0.717) is 22.5 Å². The number of hydrogen-bond acceptors (Lipinski definition) is 8. The number of morpholine rings is 1. The van der Waals surface area contributed by atoms with Gasteiger partial charge in [0.1, 0.15) is 35.1 Å². The summed E-state index contributed by atoms with van der Waals surface area (Å²) in [6, 6.07) is 14.0. The van der Waals surface area contributed by atoms with Crippen LogP contribution in [0.5, 0.6) is 5.75 Å². The minimum Gasteiger partial charge on any atom is -0.487 e. The van der Waals surface area contributed by atoms with Crippen LogP contribution >= 0.6 is 22.9 Å². The maximum absolute atomic E-state index is 13.4. The molecular weight excluding hydrogens is 549 g/mol. The molecule has 0 bridgehead atoms. The Hall–Kier alpha value is -3.26. The van der Waals surface area contributed by atoms with Crippen molar-refractivity contribution in [2.24, 2.45) is 5.92 Å². The lowest BCUT2D eigenvalue weighted by Gasteiger charge is -2.28. The molecular formula is C30H29ClFN5O2S. The molecule has 7 nitrogen and oxygen atoms in total. The van der Waals surface area contributed by atoms with Crippen molar-refractivity contribution in [3.8, 4) is 17.6 Å². The highest BCUT2D eigenvalue weighted by Crippen LogP contribution is 2.33. The third kappa shape index (κ3) is 6.72. The van der Waals surface area contributed by atoms with Gasteiger partial charge in [0.15, 0.2) is 0 Å². The summed E-state index contributed by atoms with van der Waals surface area (Å²) < 4.78 is 24.7. The second-order valence-corrected chi connectivity index (χ2v) is 11.4. The fourth-order valence-corrected chi connectivity index (χ4v) is 6.10. The summed E-state index contributed by atoms with van der Waals surface area (Å²) in [7, 11) is 0. The molecule has 0 aliphatic carbocycles. The van der Waals surface area contributed by atoms with E-state index in [1.165, 1.54) is 12.1 Å². The smallest absolute Gasteiger partial charge is 0.142 e. The summed E-state index contributed by atoms with van der Waals surface area (Å²) in [4.78, 5) is 13.2. The number of hydrogen-bond donors (Lipinski definition) is 2. The van der Waals surface area contributed by atoms with Crippen molar-refractivity contribution in [3.63, 3.8) is 0 Å². The predicted octanol–water partition coefficient (Wildman–Crippen LogP) is 5.47. The first-order valence-electron chi connectivity index (χ1n) is 13.3. The van der Waals surface area contributed by atoms with Gasteiger partial charge in [-0.15, -0.1) is 11.3 Å². The Morgan fingerprint density at radius 3 is 2.92 bits per heavy atom. The van der Waals surface area contributed by atoms with Crippen LogP contribution in [-0.4, -0.2) is 60.3 Å². The van der Waals surface area contributed by atoms with Crippen molar-refractivity contribution in [2.45, 2.75) is 19.1 Å². The van der Waals surface area contributed by atoms with E-state index in [-0.39, 0.29) is 18.5 Å². The van der Waals surface area contributed by atoms with Crippen LogP contribution in [0.3, 0.4) is 0 Å². The highest BCUT2D eigenvalue weighted by atomic mass is 35.5. The molecule has 0 saturated carbocycles. The SMILES string of the molecule is Fc1cccc(COc2ccc(Nc3ncnc4sc(C#C[C@@H]5C[C@H](CN6CCOCC6)CN5)cc34)cc2Cl)c1. The fourth-order valence-electron chi connectivity index (χ4n) is 5.00. The Morgan fingerprint density at radius 2 is 2.08 bits per heavy atom. The van der Waals surface area contributed by atoms with Crippen LogP contribution < -0.4 is 15.4 Å². The molecule has 4 heterocycles. The van der Waals surface area contributed by atoms with Crippen molar-refractivity contribution in [1.29, 1.82) is 0 Å². The lowest BCUT2D eigenvalue weighted by atomic mass is 10.0. The van der Waals surface area contributed by atoms with Crippen molar-refractivity contribution >= 4 is 44.7 Å². The molecule has 40 heavy (non-hydrogen) atoms.